The lowest BCUT2D eigenvalue weighted by atomic mass is 10.1. The molecule has 2 aromatic carbocycles. The van der Waals surface area contributed by atoms with Gasteiger partial charge >= 0.3 is 0 Å². The molecule has 2 rings (SSSR count). The molecule has 9 heteroatoms. The summed E-state index contributed by atoms with van der Waals surface area (Å²) in [5, 5.41) is 9.51. The van der Waals surface area contributed by atoms with Crippen LogP contribution in [0.3, 0.4) is 0 Å². The fourth-order valence-corrected chi connectivity index (χ4v) is 3.40. The molecule has 0 aliphatic rings. The van der Waals surface area contributed by atoms with Crippen LogP contribution >= 0.6 is 11.6 Å². The molecule has 0 radical (unpaired) electrons. The van der Waals surface area contributed by atoms with Crippen molar-refractivity contribution in [2.24, 2.45) is 4.99 Å². The van der Waals surface area contributed by atoms with Gasteiger partial charge in [0.2, 0.25) is 0 Å². The van der Waals surface area contributed by atoms with Crippen molar-refractivity contribution in [3.8, 4) is 0 Å². The number of aliphatic imine (C=N–C) groups is 1. The number of halogens is 1. The molecule has 0 atom stereocenters. The minimum atomic E-state index is -3.18. The molecular formula is C20H25ClN4O3S. The van der Waals surface area contributed by atoms with E-state index in [-0.39, 0.29) is 5.91 Å². The first kappa shape index (κ1) is 22.7. The molecule has 0 aliphatic heterocycles. The van der Waals surface area contributed by atoms with Crippen LogP contribution in [-0.2, 0) is 16.3 Å². The monoisotopic (exact) mass is 436 g/mol. The predicted molar refractivity (Wildman–Crippen MR) is 116 cm³/mol. The molecular weight excluding hydrogens is 412 g/mol. The van der Waals surface area contributed by atoms with Crippen LogP contribution in [0.5, 0.6) is 0 Å². The maximum absolute atomic E-state index is 12.1. The number of guanidine groups is 1. The number of carbonyl (C=O) groups is 1. The zero-order chi connectivity index (χ0) is 21.3. The van der Waals surface area contributed by atoms with E-state index in [0.717, 1.165) is 5.56 Å². The van der Waals surface area contributed by atoms with Crippen LogP contribution in [-0.4, -0.2) is 53.2 Å². The normalized spacial score (nSPS) is 11.8. The van der Waals surface area contributed by atoms with Crippen molar-refractivity contribution in [1.82, 2.24) is 16.0 Å². The summed E-state index contributed by atoms with van der Waals surface area (Å²) in [7, 11) is -1.51. The summed E-state index contributed by atoms with van der Waals surface area (Å²) in [4.78, 5) is 16.5. The number of benzene rings is 2. The Morgan fingerprint density at radius 1 is 0.966 bits per heavy atom. The number of amides is 1. The van der Waals surface area contributed by atoms with Gasteiger partial charge in [0.1, 0.15) is 0 Å². The summed E-state index contributed by atoms with van der Waals surface area (Å²) in [6, 6.07) is 13.7. The van der Waals surface area contributed by atoms with Gasteiger partial charge in [-0.2, -0.15) is 0 Å². The topological polar surface area (TPSA) is 99.7 Å². The average molecular weight is 437 g/mol. The first-order valence-corrected chi connectivity index (χ1v) is 11.3. The molecule has 29 heavy (non-hydrogen) atoms. The van der Waals surface area contributed by atoms with Crippen molar-refractivity contribution in [2.45, 2.75) is 11.3 Å². The van der Waals surface area contributed by atoms with Crippen LogP contribution in [0.1, 0.15) is 15.9 Å². The number of rotatable bonds is 8. The zero-order valence-electron chi connectivity index (χ0n) is 16.4. The lowest BCUT2D eigenvalue weighted by Crippen LogP contribution is -2.42. The second-order valence-corrected chi connectivity index (χ2v) is 8.75. The van der Waals surface area contributed by atoms with Gasteiger partial charge in [0.25, 0.3) is 5.91 Å². The van der Waals surface area contributed by atoms with Crippen molar-refractivity contribution >= 4 is 33.3 Å². The Balaban J connectivity index is 1.70. The molecule has 3 N–H and O–H groups in total. The van der Waals surface area contributed by atoms with Gasteiger partial charge in [0.15, 0.2) is 15.8 Å². The number of hydrogen-bond acceptors (Lipinski definition) is 4. The Morgan fingerprint density at radius 3 is 2.21 bits per heavy atom. The van der Waals surface area contributed by atoms with E-state index in [2.05, 4.69) is 20.9 Å². The van der Waals surface area contributed by atoms with Crippen molar-refractivity contribution in [3.63, 3.8) is 0 Å². The van der Waals surface area contributed by atoms with Gasteiger partial charge in [-0.3, -0.25) is 9.79 Å². The Labute approximate surface area is 176 Å². The number of carbonyl (C=O) groups excluding carboxylic acids is 1. The van der Waals surface area contributed by atoms with E-state index in [0.29, 0.717) is 47.5 Å². The minimum absolute atomic E-state index is 0.224. The predicted octanol–water partition coefficient (Wildman–Crippen LogP) is 1.88. The van der Waals surface area contributed by atoms with Gasteiger partial charge < -0.3 is 16.0 Å². The van der Waals surface area contributed by atoms with Crippen LogP contribution in [0.25, 0.3) is 0 Å². The fraction of sp³-hybridized carbons (Fsp3) is 0.300. The average Bonchev–Trinajstić information content (AvgIpc) is 2.69. The molecule has 0 unspecified atom stereocenters. The maximum atomic E-state index is 12.1. The maximum Gasteiger partial charge on any atom is 0.252 e. The molecule has 1 amide bonds. The van der Waals surface area contributed by atoms with Crippen LogP contribution < -0.4 is 16.0 Å². The van der Waals surface area contributed by atoms with Gasteiger partial charge in [0.05, 0.1) is 15.5 Å². The first-order valence-electron chi connectivity index (χ1n) is 9.07. The standard InChI is InChI=1S/C20H25ClN4O3S/c1-22-20(24-12-11-15-7-9-16(10-8-15)29(2,27)28)25-14-13-23-19(26)17-5-3-4-6-18(17)21/h3-10H,11-14H2,1-2H3,(H,23,26)(H2,22,24,25). The molecule has 2 aromatic rings. The summed E-state index contributed by atoms with van der Waals surface area (Å²) < 4.78 is 23.0. The fourth-order valence-electron chi connectivity index (χ4n) is 2.55. The second kappa shape index (κ2) is 10.8. The number of hydrogen-bond donors (Lipinski definition) is 3. The highest BCUT2D eigenvalue weighted by molar-refractivity contribution is 7.90. The molecule has 0 aromatic heterocycles. The summed E-state index contributed by atoms with van der Waals surface area (Å²) in [6.07, 6.45) is 1.91. The first-order chi connectivity index (χ1) is 13.8. The molecule has 0 saturated carbocycles. The Morgan fingerprint density at radius 2 is 1.59 bits per heavy atom. The van der Waals surface area contributed by atoms with Crippen molar-refractivity contribution in [3.05, 3.63) is 64.7 Å². The summed E-state index contributed by atoms with van der Waals surface area (Å²) in [5.74, 6) is 0.391. The van der Waals surface area contributed by atoms with Gasteiger partial charge in [-0.15, -0.1) is 0 Å². The highest BCUT2D eigenvalue weighted by atomic mass is 35.5. The van der Waals surface area contributed by atoms with E-state index >= 15 is 0 Å². The van der Waals surface area contributed by atoms with Gasteiger partial charge in [0, 0.05) is 32.9 Å². The minimum Gasteiger partial charge on any atom is -0.356 e. The zero-order valence-corrected chi connectivity index (χ0v) is 18.0. The number of nitrogens with one attached hydrogen (secondary N) is 3. The van der Waals surface area contributed by atoms with E-state index in [1.807, 2.05) is 0 Å². The molecule has 7 nitrogen and oxygen atoms in total. The third kappa shape index (κ3) is 7.40. The van der Waals surface area contributed by atoms with Gasteiger partial charge in [-0.25, -0.2) is 8.42 Å². The molecule has 0 spiro atoms. The van der Waals surface area contributed by atoms with E-state index in [1.165, 1.54) is 6.26 Å². The van der Waals surface area contributed by atoms with E-state index < -0.39 is 9.84 Å². The number of nitrogens with zero attached hydrogens (tertiary/aromatic N) is 1. The third-order valence-electron chi connectivity index (χ3n) is 4.10. The Hall–Kier alpha value is -2.58. The van der Waals surface area contributed by atoms with E-state index in [9.17, 15) is 13.2 Å². The quantitative estimate of drug-likeness (QED) is 0.333. The largest absolute Gasteiger partial charge is 0.356 e. The van der Waals surface area contributed by atoms with Crippen molar-refractivity contribution in [2.75, 3.05) is 32.9 Å². The molecule has 0 heterocycles. The molecule has 156 valence electrons. The summed E-state index contributed by atoms with van der Waals surface area (Å²) in [5.41, 5.74) is 1.46. The van der Waals surface area contributed by atoms with Crippen LogP contribution in [0.15, 0.2) is 58.4 Å². The molecule has 0 aliphatic carbocycles. The molecule has 0 bridgehead atoms. The summed E-state index contributed by atoms with van der Waals surface area (Å²) >= 11 is 6.01. The van der Waals surface area contributed by atoms with Crippen molar-refractivity contribution in [1.29, 1.82) is 0 Å². The number of sulfone groups is 1. The van der Waals surface area contributed by atoms with Crippen LogP contribution in [0, 0.1) is 0 Å². The van der Waals surface area contributed by atoms with Crippen molar-refractivity contribution < 1.29 is 13.2 Å². The highest BCUT2D eigenvalue weighted by Gasteiger charge is 2.09. The second-order valence-electron chi connectivity index (χ2n) is 6.33. The lowest BCUT2D eigenvalue weighted by molar-refractivity contribution is 0.0954. The van der Waals surface area contributed by atoms with E-state index in [1.54, 1.807) is 55.6 Å². The third-order valence-corrected chi connectivity index (χ3v) is 5.56. The Bertz CT molecular complexity index is 960. The molecule has 0 fully saturated rings. The highest BCUT2D eigenvalue weighted by Crippen LogP contribution is 2.14. The Kier molecular flexibility index (Phi) is 8.48. The van der Waals surface area contributed by atoms with Gasteiger partial charge in [-0.05, 0) is 36.2 Å². The van der Waals surface area contributed by atoms with Crippen LogP contribution in [0.4, 0.5) is 0 Å². The van der Waals surface area contributed by atoms with E-state index in [4.69, 9.17) is 11.6 Å². The van der Waals surface area contributed by atoms with Crippen LogP contribution in [0.2, 0.25) is 5.02 Å². The molecule has 0 saturated heterocycles. The van der Waals surface area contributed by atoms with Gasteiger partial charge in [-0.1, -0.05) is 35.9 Å². The SMILES string of the molecule is CN=C(NCCNC(=O)c1ccccc1Cl)NCCc1ccc(S(C)(=O)=O)cc1. The summed E-state index contributed by atoms with van der Waals surface area (Å²) in [6.45, 7) is 1.54. The smallest absolute Gasteiger partial charge is 0.252 e. The lowest BCUT2D eigenvalue weighted by Gasteiger charge is -2.13.